The zero-order chi connectivity index (χ0) is 12.9. The summed E-state index contributed by atoms with van der Waals surface area (Å²) < 4.78 is 0. The summed E-state index contributed by atoms with van der Waals surface area (Å²) in [6.45, 7) is 0. The van der Waals surface area contributed by atoms with Crippen molar-refractivity contribution < 1.29 is 0 Å². The van der Waals surface area contributed by atoms with Crippen molar-refractivity contribution in [2.45, 2.75) is 0 Å². The first-order valence-electron chi connectivity index (χ1n) is 5.61. The number of hydrogen-bond acceptors (Lipinski definition) is 6. The van der Waals surface area contributed by atoms with Crippen molar-refractivity contribution >= 4 is 23.0 Å². The third-order valence-corrected chi connectivity index (χ3v) is 3.15. The van der Waals surface area contributed by atoms with E-state index in [2.05, 4.69) is 25.2 Å². The van der Waals surface area contributed by atoms with Crippen molar-refractivity contribution in [2.75, 3.05) is 0 Å². The average Bonchev–Trinajstić information content (AvgIpc) is 3.01. The summed E-state index contributed by atoms with van der Waals surface area (Å²) in [5, 5.41) is 11.0. The van der Waals surface area contributed by atoms with Crippen molar-refractivity contribution in [1.82, 2.24) is 15.0 Å². The van der Waals surface area contributed by atoms with Crippen LogP contribution in [0.4, 0.5) is 11.6 Å². The highest BCUT2D eigenvalue weighted by molar-refractivity contribution is 7.13. The molecule has 3 rings (SSSR count). The van der Waals surface area contributed by atoms with Crippen molar-refractivity contribution in [1.29, 1.82) is 0 Å². The highest BCUT2D eigenvalue weighted by Crippen LogP contribution is 2.30. The molecule has 0 N–H and O–H groups in total. The van der Waals surface area contributed by atoms with Crippen molar-refractivity contribution in [3.63, 3.8) is 0 Å². The predicted molar refractivity (Wildman–Crippen MR) is 73.8 cm³/mol. The summed E-state index contributed by atoms with van der Waals surface area (Å²) in [6.07, 6.45) is 5.12. The Kier molecular flexibility index (Phi) is 3.33. The van der Waals surface area contributed by atoms with Crippen LogP contribution in [-0.4, -0.2) is 15.0 Å². The molecule has 0 unspecified atom stereocenters. The molecule has 3 heterocycles. The molecular formula is C13H9N5S. The minimum Gasteiger partial charge on any atom is -0.244 e. The predicted octanol–water partition coefficient (Wildman–Crippen LogP) is 4.02. The first-order valence-corrected chi connectivity index (χ1v) is 6.49. The van der Waals surface area contributed by atoms with E-state index < -0.39 is 0 Å². The molecule has 0 atom stereocenters. The van der Waals surface area contributed by atoms with E-state index in [-0.39, 0.29) is 0 Å². The lowest BCUT2D eigenvalue weighted by atomic mass is 10.3. The Balaban J connectivity index is 1.96. The van der Waals surface area contributed by atoms with Gasteiger partial charge in [-0.1, -0.05) is 6.07 Å². The molecule has 0 aromatic carbocycles. The van der Waals surface area contributed by atoms with E-state index >= 15 is 0 Å². The minimum atomic E-state index is 0.545. The topological polar surface area (TPSA) is 63.4 Å². The first kappa shape index (κ1) is 11.6. The zero-order valence-corrected chi connectivity index (χ0v) is 10.7. The summed E-state index contributed by atoms with van der Waals surface area (Å²) in [5.41, 5.74) is 0.872. The van der Waals surface area contributed by atoms with Gasteiger partial charge in [-0.15, -0.1) is 21.6 Å². The number of azo groups is 1. The van der Waals surface area contributed by atoms with E-state index in [4.69, 9.17) is 0 Å². The second-order valence-corrected chi connectivity index (χ2v) is 4.49. The van der Waals surface area contributed by atoms with Gasteiger partial charge in [0.25, 0.3) is 0 Å². The molecular weight excluding hydrogens is 258 g/mol. The van der Waals surface area contributed by atoms with E-state index in [0.29, 0.717) is 11.6 Å². The fourth-order valence-corrected chi connectivity index (χ4v) is 2.17. The molecule has 0 amide bonds. The summed E-state index contributed by atoms with van der Waals surface area (Å²) in [6, 6.07) is 9.27. The van der Waals surface area contributed by atoms with Crippen LogP contribution < -0.4 is 0 Å². The van der Waals surface area contributed by atoms with Crippen LogP contribution in [-0.2, 0) is 0 Å². The maximum Gasteiger partial charge on any atom is 0.184 e. The van der Waals surface area contributed by atoms with Gasteiger partial charge in [0.1, 0.15) is 5.01 Å². The molecule has 0 spiro atoms. The summed E-state index contributed by atoms with van der Waals surface area (Å²) in [7, 11) is 0. The normalized spacial score (nSPS) is 10.9. The van der Waals surface area contributed by atoms with E-state index in [0.717, 1.165) is 10.6 Å². The Morgan fingerprint density at radius 1 is 0.842 bits per heavy atom. The van der Waals surface area contributed by atoms with Crippen LogP contribution in [0.15, 0.2) is 64.5 Å². The molecule has 3 aromatic rings. The van der Waals surface area contributed by atoms with Gasteiger partial charge in [0, 0.05) is 24.0 Å². The Labute approximate surface area is 113 Å². The number of pyridine rings is 2. The quantitative estimate of drug-likeness (QED) is 0.673. The molecule has 6 heteroatoms. The largest absolute Gasteiger partial charge is 0.244 e. The molecule has 19 heavy (non-hydrogen) atoms. The van der Waals surface area contributed by atoms with Gasteiger partial charge in [-0.05, 0) is 24.3 Å². The number of thiazole rings is 1. The maximum atomic E-state index is 4.26. The molecule has 0 saturated heterocycles. The fourth-order valence-electron chi connectivity index (χ4n) is 1.51. The third-order valence-electron chi connectivity index (χ3n) is 2.35. The monoisotopic (exact) mass is 267 g/mol. The van der Waals surface area contributed by atoms with Gasteiger partial charge in [0.2, 0.25) is 0 Å². The highest BCUT2D eigenvalue weighted by Gasteiger charge is 2.07. The second kappa shape index (κ2) is 5.45. The van der Waals surface area contributed by atoms with Crippen LogP contribution in [0.2, 0.25) is 0 Å². The fraction of sp³-hybridized carbons (Fsp3) is 0. The highest BCUT2D eigenvalue weighted by atomic mass is 32.1. The van der Waals surface area contributed by atoms with Gasteiger partial charge in [0.05, 0.1) is 5.56 Å². The lowest BCUT2D eigenvalue weighted by Gasteiger charge is -1.99. The van der Waals surface area contributed by atoms with Crippen molar-refractivity contribution in [3.05, 3.63) is 54.3 Å². The van der Waals surface area contributed by atoms with Crippen LogP contribution in [0.3, 0.4) is 0 Å². The summed E-state index contributed by atoms with van der Waals surface area (Å²) in [4.78, 5) is 12.6. The lowest BCUT2D eigenvalue weighted by Crippen LogP contribution is -1.80. The average molecular weight is 267 g/mol. The van der Waals surface area contributed by atoms with Gasteiger partial charge in [-0.3, -0.25) is 0 Å². The van der Waals surface area contributed by atoms with Crippen LogP contribution >= 0.6 is 11.3 Å². The van der Waals surface area contributed by atoms with Gasteiger partial charge in [-0.2, -0.15) is 0 Å². The molecule has 3 aromatic heterocycles. The van der Waals surface area contributed by atoms with Gasteiger partial charge < -0.3 is 0 Å². The Morgan fingerprint density at radius 2 is 1.79 bits per heavy atom. The third kappa shape index (κ3) is 2.69. The standard InChI is InChI=1S/C13H9N5S/c1-2-6-14-11(5-1)17-18-12-10(4-3-7-15-12)13-16-8-9-19-13/h1-9H. The number of aromatic nitrogens is 3. The summed E-state index contributed by atoms with van der Waals surface area (Å²) >= 11 is 1.54. The number of nitrogens with zero attached hydrogens (tertiary/aromatic N) is 5. The van der Waals surface area contributed by atoms with Gasteiger partial charge >= 0.3 is 0 Å². The number of hydrogen-bond donors (Lipinski definition) is 0. The number of rotatable bonds is 3. The first-order chi connectivity index (χ1) is 9.43. The maximum absolute atomic E-state index is 4.26. The van der Waals surface area contributed by atoms with Gasteiger partial charge in [0.15, 0.2) is 11.6 Å². The Bertz CT molecular complexity index is 679. The zero-order valence-electron chi connectivity index (χ0n) is 9.84. The van der Waals surface area contributed by atoms with Gasteiger partial charge in [-0.25, -0.2) is 15.0 Å². The molecule has 0 fully saturated rings. The smallest absolute Gasteiger partial charge is 0.184 e. The minimum absolute atomic E-state index is 0.545. The molecule has 0 bridgehead atoms. The van der Waals surface area contributed by atoms with Crippen molar-refractivity contribution in [2.24, 2.45) is 10.2 Å². The van der Waals surface area contributed by atoms with E-state index in [1.165, 1.54) is 0 Å². The SMILES string of the molecule is c1ccc(N=Nc2ncccc2-c2nccs2)nc1. The van der Waals surface area contributed by atoms with Crippen LogP contribution in [0, 0.1) is 0 Å². The molecule has 0 aliphatic rings. The second-order valence-electron chi connectivity index (χ2n) is 3.60. The lowest BCUT2D eigenvalue weighted by molar-refractivity contribution is 1.11. The summed E-state index contributed by atoms with van der Waals surface area (Å²) in [5.74, 6) is 1.10. The van der Waals surface area contributed by atoms with Crippen molar-refractivity contribution in [3.8, 4) is 10.6 Å². The van der Waals surface area contributed by atoms with E-state index in [9.17, 15) is 0 Å². The molecule has 5 nitrogen and oxygen atoms in total. The van der Waals surface area contributed by atoms with Crippen LogP contribution in [0.25, 0.3) is 10.6 Å². The Morgan fingerprint density at radius 3 is 2.58 bits per heavy atom. The Hall–Kier alpha value is -2.47. The molecule has 0 radical (unpaired) electrons. The molecule has 92 valence electrons. The molecule has 0 aliphatic heterocycles. The molecule has 0 aliphatic carbocycles. The molecule has 0 saturated carbocycles. The van der Waals surface area contributed by atoms with E-state index in [1.807, 2.05) is 29.6 Å². The van der Waals surface area contributed by atoms with E-state index in [1.54, 1.807) is 36.0 Å². The van der Waals surface area contributed by atoms with Crippen LogP contribution in [0.5, 0.6) is 0 Å². The van der Waals surface area contributed by atoms with Crippen LogP contribution in [0.1, 0.15) is 0 Å².